The zero-order chi connectivity index (χ0) is 16.4. The molecule has 0 aliphatic rings. The molecule has 0 saturated carbocycles. The molecule has 0 atom stereocenters. The van der Waals surface area contributed by atoms with Gasteiger partial charge in [-0.3, -0.25) is 9.48 Å². The Morgan fingerprint density at radius 2 is 2.05 bits per heavy atom. The largest absolute Gasteiger partial charge is 0.462 e. The van der Waals surface area contributed by atoms with E-state index in [0.717, 1.165) is 4.68 Å². The van der Waals surface area contributed by atoms with E-state index in [1.807, 2.05) is 0 Å². The van der Waals surface area contributed by atoms with Gasteiger partial charge in [-0.15, -0.1) is 11.8 Å². The first-order valence-electron chi connectivity index (χ1n) is 6.34. The molecule has 0 saturated heterocycles. The van der Waals surface area contributed by atoms with Gasteiger partial charge in [-0.25, -0.2) is 4.79 Å². The molecule has 0 unspecified atom stereocenters. The highest BCUT2D eigenvalue weighted by atomic mass is 32.2. The fourth-order valence-corrected chi connectivity index (χ4v) is 2.45. The Bertz CT molecular complexity index is 736. The fraction of sp³-hybridized carbons (Fsp3) is 0.333. The lowest BCUT2D eigenvalue weighted by Crippen LogP contribution is -2.19. The van der Waals surface area contributed by atoms with Crippen LogP contribution in [0.1, 0.15) is 27.6 Å². The topological polar surface area (TPSA) is 131 Å². The standard InChI is InChI=1S/C12H16N6O3S/c1-4-21-12(20)6-5-15-18(8(6)13)11(19)7-9(14)17(2)16-10(7)22-3/h5H,4,13-14H2,1-3H3. The summed E-state index contributed by atoms with van der Waals surface area (Å²) >= 11 is 1.27. The summed E-state index contributed by atoms with van der Waals surface area (Å²) in [7, 11) is 1.63. The summed E-state index contributed by atoms with van der Waals surface area (Å²) in [6.07, 6.45) is 2.96. The second kappa shape index (κ2) is 6.10. The van der Waals surface area contributed by atoms with Gasteiger partial charge >= 0.3 is 5.97 Å². The molecule has 118 valence electrons. The molecule has 22 heavy (non-hydrogen) atoms. The van der Waals surface area contributed by atoms with Crippen molar-refractivity contribution < 1.29 is 14.3 Å². The Hall–Kier alpha value is -2.49. The normalized spacial score (nSPS) is 10.7. The van der Waals surface area contributed by atoms with Crippen LogP contribution in [0.25, 0.3) is 0 Å². The van der Waals surface area contributed by atoms with Gasteiger partial charge in [0.25, 0.3) is 5.91 Å². The number of ether oxygens (including phenoxy) is 1. The summed E-state index contributed by atoms with van der Waals surface area (Å²) < 4.78 is 7.16. The van der Waals surface area contributed by atoms with Crippen molar-refractivity contribution in [3.63, 3.8) is 0 Å². The number of nitrogens with two attached hydrogens (primary N) is 2. The number of hydrogen-bond acceptors (Lipinski definition) is 8. The molecule has 2 aromatic rings. The summed E-state index contributed by atoms with van der Waals surface area (Å²) in [5.41, 5.74) is 11.9. The molecule has 0 aliphatic heterocycles. The first-order valence-corrected chi connectivity index (χ1v) is 7.56. The van der Waals surface area contributed by atoms with E-state index >= 15 is 0 Å². The van der Waals surface area contributed by atoms with Crippen LogP contribution in [-0.4, -0.2) is 44.3 Å². The predicted octanol–water partition coefficient (Wildman–Crippen LogP) is 0.368. The smallest absolute Gasteiger partial charge is 0.343 e. The molecule has 4 N–H and O–H groups in total. The number of nitrogens with zero attached hydrogens (tertiary/aromatic N) is 4. The molecule has 0 radical (unpaired) electrons. The van der Waals surface area contributed by atoms with E-state index in [2.05, 4.69) is 10.2 Å². The SMILES string of the molecule is CCOC(=O)c1cnn(C(=O)c2c(SC)nn(C)c2N)c1N. The lowest BCUT2D eigenvalue weighted by atomic mass is 10.3. The Morgan fingerprint density at radius 1 is 1.36 bits per heavy atom. The highest BCUT2D eigenvalue weighted by molar-refractivity contribution is 7.98. The zero-order valence-corrected chi connectivity index (χ0v) is 13.2. The van der Waals surface area contributed by atoms with Crippen LogP contribution in [0.15, 0.2) is 11.2 Å². The van der Waals surface area contributed by atoms with Crippen LogP contribution in [0.2, 0.25) is 0 Å². The molecule has 2 aromatic heterocycles. The number of thioether (sulfide) groups is 1. The van der Waals surface area contributed by atoms with Crippen LogP contribution in [0.3, 0.4) is 0 Å². The Balaban J connectivity index is 2.45. The van der Waals surface area contributed by atoms with Gasteiger partial charge in [0.1, 0.15) is 27.8 Å². The van der Waals surface area contributed by atoms with E-state index in [-0.39, 0.29) is 29.4 Å². The third-order valence-electron chi connectivity index (χ3n) is 2.96. The predicted molar refractivity (Wildman–Crippen MR) is 81.7 cm³/mol. The van der Waals surface area contributed by atoms with E-state index in [1.54, 1.807) is 20.2 Å². The highest BCUT2D eigenvalue weighted by Gasteiger charge is 2.26. The summed E-state index contributed by atoms with van der Waals surface area (Å²) in [6.45, 7) is 1.87. The molecule has 10 heteroatoms. The van der Waals surface area contributed by atoms with Crippen LogP contribution >= 0.6 is 11.8 Å². The minimum Gasteiger partial charge on any atom is -0.462 e. The number of carbonyl (C=O) groups is 2. The Labute approximate surface area is 130 Å². The van der Waals surface area contributed by atoms with Crippen LogP contribution in [0.4, 0.5) is 11.6 Å². The maximum Gasteiger partial charge on any atom is 0.343 e. The summed E-state index contributed by atoms with van der Waals surface area (Å²) in [4.78, 5) is 24.3. The van der Waals surface area contributed by atoms with Gasteiger partial charge in [0.15, 0.2) is 0 Å². The molecule has 0 bridgehead atoms. The van der Waals surface area contributed by atoms with Crippen molar-refractivity contribution in [2.75, 3.05) is 24.3 Å². The van der Waals surface area contributed by atoms with E-state index < -0.39 is 11.9 Å². The molecule has 0 fully saturated rings. The van der Waals surface area contributed by atoms with Crippen LogP contribution in [0, 0.1) is 0 Å². The van der Waals surface area contributed by atoms with E-state index in [0.29, 0.717) is 5.03 Å². The summed E-state index contributed by atoms with van der Waals surface area (Å²) in [6, 6.07) is 0. The molecule has 0 spiro atoms. The lowest BCUT2D eigenvalue weighted by Gasteiger charge is -2.05. The van der Waals surface area contributed by atoms with E-state index in [1.165, 1.54) is 22.6 Å². The van der Waals surface area contributed by atoms with Crippen molar-refractivity contribution in [2.24, 2.45) is 7.05 Å². The number of rotatable bonds is 4. The second-order valence-corrected chi connectivity index (χ2v) is 5.07. The molecular formula is C12H16N6O3S. The minimum absolute atomic E-state index is 0.0309. The third-order valence-corrected chi connectivity index (χ3v) is 3.63. The van der Waals surface area contributed by atoms with Gasteiger partial charge in [-0.1, -0.05) is 0 Å². The molecule has 2 heterocycles. The third kappa shape index (κ3) is 2.52. The lowest BCUT2D eigenvalue weighted by molar-refractivity contribution is 0.0527. The van der Waals surface area contributed by atoms with Gasteiger partial charge < -0.3 is 16.2 Å². The fourth-order valence-electron chi connectivity index (χ4n) is 1.85. The van der Waals surface area contributed by atoms with Gasteiger partial charge in [0.2, 0.25) is 0 Å². The number of hydrogen-bond donors (Lipinski definition) is 2. The number of anilines is 2. The maximum atomic E-state index is 12.6. The maximum absolute atomic E-state index is 12.6. The minimum atomic E-state index is -0.636. The number of nitrogen functional groups attached to an aromatic ring is 2. The number of esters is 1. The number of aromatic nitrogens is 4. The molecule has 0 aliphatic carbocycles. The molecule has 9 nitrogen and oxygen atoms in total. The molecule has 2 rings (SSSR count). The average molecular weight is 324 g/mol. The van der Waals surface area contributed by atoms with Gasteiger partial charge in [-0.05, 0) is 13.2 Å². The van der Waals surface area contributed by atoms with Crippen molar-refractivity contribution in [2.45, 2.75) is 11.9 Å². The number of carbonyl (C=O) groups excluding carboxylic acids is 2. The second-order valence-electron chi connectivity index (χ2n) is 4.27. The average Bonchev–Trinajstić information content (AvgIpc) is 3.00. The number of aryl methyl sites for hydroxylation is 1. The van der Waals surface area contributed by atoms with Crippen LogP contribution in [0.5, 0.6) is 0 Å². The van der Waals surface area contributed by atoms with Crippen molar-refractivity contribution >= 4 is 35.3 Å². The summed E-state index contributed by atoms with van der Waals surface area (Å²) in [5.74, 6) is -1.09. The monoisotopic (exact) mass is 324 g/mol. The van der Waals surface area contributed by atoms with Crippen LogP contribution < -0.4 is 11.5 Å². The van der Waals surface area contributed by atoms with E-state index in [4.69, 9.17) is 16.2 Å². The summed E-state index contributed by atoms with van der Waals surface area (Å²) in [5, 5.41) is 8.45. The first kappa shape index (κ1) is 15.9. The Morgan fingerprint density at radius 3 is 2.64 bits per heavy atom. The van der Waals surface area contributed by atoms with E-state index in [9.17, 15) is 9.59 Å². The quantitative estimate of drug-likeness (QED) is 0.609. The molecular weight excluding hydrogens is 308 g/mol. The van der Waals surface area contributed by atoms with Gasteiger partial charge in [-0.2, -0.15) is 14.9 Å². The zero-order valence-electron chi connectivity index (χ0n) is 12.4. The molecule has 0 amide bonds. The first-order chi connectivity index (χ1) is 10.4. The highest BCUT2D eigenvalue weighted by Crippen LogP contribution is 2.26. The molecule has 0 aromatic carbocycles. The van der Waals surface area contributed by atoms with Gasteiger partial charge in [0.05, 0.1) is 12.8 Å². The van der Waals surface area contributed by atoms with Crippen LogP contribution in [-0.2, 0) is 11.8 Å². The van der Waals surface area contributed by atoms with Crippen molar-refractivity contribution in [3.05, 3.63) is 17.3 Å². The van der Waals surface area contributed by atoms with Crippen molar-refractivity contribution in [1.82, 2.24) is 19.6 Å². The van der Waals surface area contributed by atoms with Crippen molar-refractivity contribution in [1.29, 1.82) is 0 Å². The van der Waals surface area contributed by atoms with Gasteiger partial charge in [0, 0.05) is 7.05 Å². The Kier molecular flexibility index (Phi) is 4.40. The van der Waals surface area contributed by atoms with Crippen molar-refractivity contribution in [3.8, 4) is 0 Å².